The number of nitrogens with zero attached hydrogens (tertiary/aromatic N) is 2. The zero-order chi connectivity index (χ0) is 23.0. The number of hydrogen-bond donors (Lipinski definition) is 1. The molecule has 2 saturated heterocycles. The van der Waals surface area contributed by atoms with Gasteiger partial charge in [0.25, 0.3) is 0 Å². The van der Waals surface area contributed by atoms with Crippen LogP contribution < -0.4 is 5.32 Å². The van der Waals surface area contributed by atoms with E-state index in [1.807, 2.05) is 6.07 Å². The first-order valence-corrected chi connectivity index (χ1v) is 13.5. The molecule has 176 valence electrons. The lowest BCUT2D eigenvalue weighted by molar-refractivity contribution is -0.133. The Morgan fingerprint density at radius 3 is 2.31 bits per heavy atom. The fourth-order valence-corrected chi connectivity index (χ4v) is 7.37. The number of sulfone groups is 1. The van der Waals surface area contributed by atoms with Gasteiger partial charge in [0.2, 0.25) is 11.8 Å². The quantitative estimate of drug-likeness (QED) is 0.724. The topological polar surface area (TPSA) is 86.8 Å². The predicted molar refractivity (Wildman–Crippen MR) is 124 cm³/mol. The number of carbonyl (C=O) groups excluding carboxylic acids is 2. The zero-order valence-electron chi connectivity index (χ0n) is 19.2. The second-order valence-electron chi connectivity index (χ2n) is 10.2. The average Bonchev–Trinajstić information content (AvgIpc) is 3.05. The largest absolute Gasteiger partial charge is 0.352 e. The monoisotopic (exact) mass is 461 g/mol. The number of nitrogens with one attached hydrogen (secondary N) is 1. The number of amides is 2. The van der Waals surface area contributed by atoms with Gasteiger partial charge in [0, 0.05) is 24.5 Å². The van der Waals surface area contributed by atoms with E-state index in [0.29, 0.717) is 25.8 Å². The summed E-state index contributed by atoms with van der Waals surface area (Å²) < 4.78 is 23.2. The van der Waals surface area contributed by atoms with Crippen molar-refractivity contribution in [2.75, 3.05) is 38.7 Å². The van der Waals surface area contributed by atoms with E-state index in [4.69, 9.17) is 0 Å². The lowest BCUT2D eigenvalue weighted by Gasteiger charge is -2.48. The Bertz CT molecular complexity index is 939. The van der Waals surface area contributed by atoms with Crippen LogP contribution >= 0.6 is 0 Å². The van der Waals surface area contributed by atoms with Gasteiger partial charge in [0.05, 0.1) is 18.1 Å². The molecule has 0 radical (unpaired) electrons. The Hall–Kier alpha value is -1.93. The molecule has 2 amide bonds. The van der Waals surface area contributed by atoms with Crippen molar-refractivity contribution >= 4 is 21.7 Å². The van der Waals surface area contributed by atoms with E-state index in [9.17, 15) is 18.0 Å². The second-order valence-corrected chi connectivity index (χ2v) is 12.5. The van der Waals surface area contributed by atoms with E-state index in [1.165, 1.54) is 5.56 Å². The summed E-state index contributed by atoms with van der Waals surface area (Å²) in [5, 5.41) is 2.94. The molecule has 3 fully saturated rings. The minimum absolute atomic E-state index is 0.0122. The summed E-state index contributed by atoms with van der Waals surface area (Å²) in [7, 11) is 1.32. The third-order valence-corrected chi connectivity index (χ3v) is 9.68. The maximum atomic E-state index is 12.8. The van der Waals surface area contributed by atoms with Crippen LogP contribution in [0.2, 0.25) is 0 Å². The zero-order valence-corrected chi connectivity index (χ0v) is 20.0. The van der Waals surface area contributed by atoms with E-state index < -0.39 is 9.84 Å². The Balaban J connectivity index is 1.35. The van der Waals surface area contributed by atoms with Crippen molar-refractivity contribution < 1.29 is 18.0 Å². The Morgan fingerprint density at radius 2 is 1.72 bits per heavy atom. The summed E-state index contributed by atoms with van der Waals surface area (Å²) in [5.74, 6) is 0.128. The Labute approximate surface area is 191 Å². The molecule has 1 spiro atoms. The molecule has 0 atom stereocenters. The standard InChI is InChI=1S/C24H35N3O4S/c1-26(2)24(19-6-4-3-5-7-19)12-10-23(11-13-24)16-22(29)27(18-23)17-21(28)25-20-8-14-32(30,31)15-9-20/h3-7,20H,8-18H2,1-2H3,(H,25,28). The molecule has 1 aromatic carbocycles. The minimum Gasteiger partial charge on any atom is -0.352 e. The highest BCUT2D eigenvalue weighted by Crippen LogP contribution is 2.52. The third-order valence-electron chi connectivity index (χ3n) is 7.96. The molecule has 0 aromatic heterocycles. The summed E-state index contributed by atoms with van der Waals surface area (Å²) >= 11 is 0. The summed E-state index contributed by atoms with van der Waals surface area (Å²) in [6.07, 6.45) is 5.34. The van der Waals surface area contributed by atoms with Crippen LogP contribution in [0.4, 0.5) is 0 Å². The highest BCUT2D eigenvalue weighted by molar-refractivity contribution is 7.91. The van der Waals surface area contributed by atoms with Gasteiger partial charge in [-0.15, -0.1) is 0 Å². The van der Waals surface area contributed by atoms with Crippen molar-refractivity contribution in [1.82, 2.24) is 15.1 Å². The van der Waals surface area contributed by atoms with Gasteiger partial charge in [-0.1, -0.05) is 30.3 Å². The van der Waals surface area contributed by atoms with Crippen LogP contribution in [0, 0.1) is 5.41 Å². The molecule has 1 aliphatic carbocycles. The van der Waals surface area contributed by atoms with E-state index in [-0.39, 0.29) is 46.9 Å². The molecule has 3 aliphatic rings. The molecule has 8 heteroatoms. The van der Waals surface area contributed by atoms with Gasteiger partial charge in [0.15, 0.2) is 0 Å². The predicted octanol–water partition coefficient (Wildman–Crippen LogP) is 1.93. The SMILES string of the molecule is CN(C)C1(c2ccccc2)CCC2(CC1)CC(=O)N(CC(=O)NC1CCS(=O)(=O)CC1)C2. The van der Waals surface area contributed by atoms with Gasteiger partial charge in [0.1, 0.15) is 9.84 Å². The summed E-state index contributed by atoms with van der Waals surface area (Å²) in [4.78, 5) is 29.4. The number of rotatable bonds is 5. The van der Waals surface area contributed by atoms with Crippen molar-refractivity contribution in [3.05, 3.63) is 35.9 Å². The molecular weight excluding hydrogens is 426 g/mol. The van der Waals surface area contributed by atoms with E-state index >= 15 is 0 Å². The van der Waals surface area contributed by atoms with Crippen LogP contribution in [0.25, 0.3) is 0 Å². The van der Waals surface area contributed by atoms with E-state index in [1.54, 1.807) is 4.90 Å². The first kappa shape index (κ1) is 23.2. The molecule has 1 aromatic rings. The van der Waals surface area contributed by atoms with Gasteiger partial charge >= 0.3 is 0 Å². The van der Waals surface area contributed by atoms with Gasteiger partial charge in [-0.05, 0) is 63.6 Å². The lowest BCUT2D eigenvalue weighted by Crippen LogP contribution is -2.48. The number of carbonyl (C=O) groups is 2. The van der Waals surface area contributed by atoms with Crippen molar-refractivity contribution in [2.45, 2.75) is 56.5 Å². The van der Waals surface area contributed by atoms with Crippen LogP contribution in [0.15, 0.2) is 30.3 Å². The highest BCUT2D eigenvalue weighted by atomic mass is 32.2. The van der Waals surface area contributed by atoms with Crippen molar-refractivity contribution in [1.29, 1.82) is 0 Å². The molecule has 0 unspecified atom stereocenters. The third kappa shape index (κ3) is 4.71. The Morgan fingerprint density at radius 1 is 1.09 bits per heavy atom. The van der Waals surface area contributed by atoms with Crippen LogP contribution in [0.5, 0.6) is 0 Å². The van der Waals surface area contributed by atoms with Gasteiger partial charge in [-0.25, -0.2) is 8.42 Å². The molecule has 2 heterocycles. The van der Waals surface area contributed by atoms with Gasteiger partial charge in [-0.2, -0.15) is 0 Å². The smallest absolute Gasteiger partial charge is 0.239 e. The highest BCUT2D eigenvalue weighted by Gasteiger charge is 2.50. The fourth-order valence-electron chi connectivity index (χ4n) is 5.88. The van der Waals surface area contributed by atoms with Gasteiger partial charge < -0.3 is 10.2 Å². The lowest BCUT2D eigenvalue weighted by atomic mass is 9.64. The summed E-state index contributed by atoms with van der Waals surface area (Å²) in [6, 6.07) is 10.5. The molecule has 1 saturated carbocycles. The molecule has 4 rings (SSSR count). The minimum atomic E-state index is -2.96. The maximum absolute atomic E-state index is 12.8. The molecular formula is C24H35N3O4S. The Kier molecular flexibility index (Phi) is 6.38. The van der Waals surface area contributed by atoms with Crippen molar-refractivity contribution in [3.8, 4) is 0 Å². The molecule has 1 N–H and O–H groups in total. The number of hydrogen-bond acceptors (Lipinski definition) is 5. The summed E-state index contributed by atoms with van der Waals surface area (Å²) in [6.45, 7) is 0.706. The molecule has 7 nitrogen and oxygen atoms in total. The number of likely N-dealkylation sites (tertiary alicyclic amines) is 1. The van der Waals surface area contributed by atoms with Crippen LogP contribution in [-0.2, 0) is 25.0 Å². The molecule has 2 aliphatic heterocycles. The molecule has 32 heavy (non-hydrogen) atoms. The van der Waals surface area contributed by atoms with Crippen LogP contribution in [0.1, 0.15) is 50.5 Å². The first-order chi connectivity index (χ1) is 15.1. The molecule has 0 bridgehead atoms. The van der Waals surface area contributed by atoms with Crippen molar-refractivity contribution in [3.63, 3.8) is 0 Å². The summed E-state index contributed by atoms with van der Waals surface area (Å²) in [5.41, 5.74) is 1.27. The first-order valence-electron chi connectivity index (χ1n) is 11.6. The fraction of sp³-hybridized carbons (Fsp3) is 0.667. The second kappa shape index (κ2) is 8.78. The maximum Gasteiger partial charge on any atom is 0.239 e. The van der Waals surface area contributed by atoms with Crippen molar-refractivity contribution in [2.24, 2.45) is 5.41 Å². The van der Waals surface area contributed by atoms with Crippen LogP contribution in [-0.4, -0.2) is 74.8 Å². The average molecular weight is 462 g/mol. The normalized spacial score (nSPS) is 27.7. The number of benzene rings is 1. The van der Waals surface area contributed by atoms with Gasteiger partial charge in [-0.3, -0.25) is 14.5 Å². The van der Waals surface area contributed by atoms with Crippen LogP contribution in [0.3, 0.4) is 0 Å². The van der Waals surface area contributed by atoms with E-state index in [0.717, 1.165) is 25.7 Å². The van der Waals surface area contributed by atoms with E-state index in [2.05, 4.69) is 48.6 Å².